The van der Waals surface area contributed by atoms with Crippen LogP contribution in [0.1, 0.15) is 6.92 Å². The number of aliphatic carboxylic acids is 1. The first-order valence-corrected chi connectivity index (χ1v) is 5.66. The van der Waals surface area contributed by atoms with Gasteiger partial charge in [-0.3, -0.25) is 10.1 Å². The second kappa shape index (κ2) is 5.49. The average molecular weight is 338 g/mol. The van der Waals surface area contributed by atoms with E-state index >= 15 is 0 Å². The van der Waals surface area contributed by atoms with E-state index in [2.05, 4.69) is 15.9 Å². The zero-order chi connectivity index (χ0) is 14.8. The molecule has 0 bridgehead atoms. The van der Waals surface area contributed by atoms with Crippen molar-refractivity contribution in [3.05, 3.63) is 32.5 Å². The Labute approximate surface area is 114 Å². The molecule has 1 atom stereocenters. The zero-order valence-corrected chi connectivity index (χ0v) is 11.2. The number of carbonyl (C=O) groups is 1. The second-order valence-corrected chi connectivity index (χ2v) is 4.71. The van der Waals surface area contributed by atoms with Gasteiger partial charge in [0.25, 0.3) is 0 Å². The number of benzene rings is 1. The minimum atomic E-state index is -2.24. The van der Waals surface area contributed by atoms with E-state index in [1.807, 2.05) is 0 Å². The van der Waals surface area contributed by atoms with Crippen LogP contribution in [-0.4, -0.2) is 33.3 Å². The third-order valence-electron chi connectivity index (χ3n) is 2.17. The summed E-state index contributed by atoms with van der Waals surface area (Å²) in [5.41, 5.74) is -2.79. The van der Waals surface area contributed by atoms with E-state index in [0.29, 0.717) is 0 Å². The van der Waals surface area contributed by atoms with Gasteiger partial charge in [0.2, 0.25) is 0 Å². The van der Waals surface area contributed by atoms with Crippen LogP contribution in [0.15, 0.2) is 16.6 Å². The van der Waals surface area contributed by atoms with E-state index in [0.717, 1.165) is 19.1 Å². The molecular formula is C10H9BrFNO6. The van der Waals surface area contributed by atoms with Crippen molar-refractivity contribution in [1.82, 2.24) is 0 Å². The van der Waals surface area contributed by atoms with E-state index < -0.39 is 40.4 Å². The number of aliphatic hydroxyl groups is 1. The molecule has 0 aliphatic rings. The van der Waals surface area contributed by atoms with Gasteiger partial charge in [0.05, 0.1) is 9.40 Å². The summed E-state index contributed by atoms with van der Waals surface area (Å²) in [5.74, 6) is -2.84. The Bertz CT molecular complexity index is 533. The number of carboxylic acids is 1. The van der Waals surface area contributed by atoms with Gasteiger partial charge in [0.1, 0.15) is 12.4 Å². The van der Waals surface area contributed by atoms with Crippen molar-refractivity contribution in [2.24, 2.45) is 0 Å². The van der Waals surface area contributed by atoms with Crippen molar-refractivity contribution in [1.29, 1.82) is 0 Å². The molecule has 0 aliphatic carbocycles. The lowest BCUT2D eigenvalue weighted by Gasteiger charge is -2.18. The Morgan fingerprint density at radius 3 is 2.68 bits per heavy atom. The highest BCUT2D eigenvalue weighted by molar-refractivity contribution is 9.10. The lowest BCUT2D eigenvalue weighted by Crippen LogP contribution is -2.41. The van der Waals surface area contributed by atoms with Crippen LogP contribution in [0.25, 0.3) is 0 Å². The maximum absolute atomic E-state index is 13.3. The number of nitrogens with zero attached hydrogens (tertiary/aromatic N) is 1. The van der Waals surface area contributed by atoms with E-state index in [9.17, 15) is 24.4 Å². The number of nitro groups is 1. The molecule has 0 aliphatic heterocycles. The quantitative estimate of drug-likeness (QED) is 0.625. The molecule has 7 nitrogen and oxygen atoms in total. The Morgan fingerprint density at radius 1 is 1.63 bits per heavy atom. The van der Waals surface area contributed by atoms with Crippen LogP contribution in [0.5, 0.6) is 5.75 Å². The number of carboxylic acid groups (broad SMARTS) is 1. The van der Waals surface area contributed by atoms with Crippen LogP contribution in [-0.2, 0) is 4.79 Å². The molecule has 1 aromatic carbocycles. The maximum atomic E-state index is 13.3. The van der Waals surface area contributed by atoms with Gasteiger partial charge in [0.15, 0.2) is 11.4 Å². The molecule has 0 saturated heterocycles. The number of ether oxygens (including phenoxy) is 1. The molecule has 1 rings (SSSR count). The molecular weight excluding hydrogens is 329 g/mol. The smallest absolute Gasteiger partial charge is 0.339 e. The molecule has 104 valence electrons. The van der Waals surface area contributed by atoms with Crippen molar-refractivity contribution < 1.29 is 29.1 Å². The minimum Gasteiger partial charge on any atom is -0.483 e. The van der Waals surface area contributed by atoms with Crippen LogP contribution in [0.4, 0.5) is 10.1 Å². The number of hydrogen-bond acceptors (Lipinski definition) is 5. The minimum absolute atomic E-state index is 0.128. The van der Waals surface area contributed by atoms with Gasteiger partial charge in [-0.1, -0.05) is 0 Å². The van der Waals surface area contributed by atoms with Crippen LogP contribution < -0.4 is 4.74 Å². The Kier molecular flexibility index (Phi) is 4.43. The Balaban J connectivity index is 3.04. The average Bonchev–Trinajstić information content (AvgIpc) is 2.29. The maximum Gasteiger partial charge on any atom is 0.339 e. The van der Waals surface area contributed by atoms with Crippen molar-refractivity contribution >= 4 is 27.6 Å². The molecule has 0 fully saturated rings. The molecule has 9 heteroatoms. The summed E-state index contributed by atoms with van der Waals surface area (Å²) in [6, 6.07) is 1.63. The third kappa shape index (κ3) is 3.61. The van der Waals surface area contributed by atoms with Crippen molar-refractivity contribution in [3.63, 3.8) is 0 Å². The Hall–Kier alpha value is -1.74. The summed E-state index contributed by atoms with van der Waals surface area (Å²) in [6.45, 7) is 0.195. The van der Waals surface area contributed by atoms with Crippen LogP contribution in [0, 0.1) is 15.9 Å². The number of halogens is 2. The topological polar surface area (TPSA) is 110 Å². The molecule has 0 saturated carbocycles. The largest absolute Gasteiger partial charge is 0.483 e. The van der Waals surface area contributed by atoms with E-state index in [1.165, 1.54) is 0 Å². The molecule has 2 N–H and O–H groups in total. The summed E-state index contributed by atoms with van der Waals surface area (Å²) < 4.78 is 18.0. The fourth-order valence-corrected chi connectivity index (χ4v) is 1.39. The molecule has 19 heavy (non-hydrogen) atoms. The van der Waals surface area contributed by atoms with Gasteiger partial charge < -0.3 is 14.9 Å². The van der Waals surface area contributed by atoms with Crippen molar-refractivity contribution in [2.45, 2.75) is 12.5 Å². The highest BCUT2D eigenvalue weighted by Crippen LogP contribution is 2.32. The fourth-order valence-electron chi connectivity index (χ4n) is 1.06. The first kappa shape index (κ1) is 15.3. The van der Waals surface area contributed by atoms with Crippen LogP contribution in [0.3, 0.4) is 0 Å². The predicted octanol–water partition coefficient (Wildman–Crippen LogP) is 1.71. The first-order valence-electron chi connectivity index (χ1n) is 4.87. The number of nitro benzene ring substituents is 1. The number of rotatable bonds is 5. The second-order valence-electron chi connectivity index (χ2n) is 3.86. The SMILES string of the molecule is CC(O)(COc1cc(F)c(Br)cc1[N+](=O)[O-])C(=O)O. The standard InChI is InChI=1S/C10H9BrFNO6/c1-10(16,9(14)15)4-19-8-3-6(12)5(11)2-7(8)13(17)18/h2-3,16H,4H2,1H3,(H,14,15). The van der Waals surface area contributed by atoms with Gasteiger partial charge in [-0.15, -0.1) is 0 Å². The third-order valence-corrected chi connectivity index (χ3v) is 2.78. The summed E-state index contributed by atoms with van der Waals surface area (Å²) in [6.07, 6.45) is 0. The van der Waals surface area contributed by atoms with Gasteiger partial charge >= 0.3 is 11.7 Å². The highest BCUT2D eigenvalue weighted by Gasteiger charge is 2.32. The molecule has 0 heterocycles. The van der Waals surface area contributed by atoms with Crippen molar-refractivity contribution in [3.8, 4) is 5.75 Å². The normalized spacial score (nSPS) is 13.7. The van der Waals surface area contributed by atoms with E-state index in [1.54, 1.807) is 0 Å². The summed E-state index contributed by atoms with van der Waals surface area (Å²) in [4.78, 5) is 20.6. The lowest BCUT2D eigenvalue weighted by atomic mass is 10.1. The van der Waals surface area contributed by atoms with E-state index in [-0.39, 0.29) is 4.47 Å². The molecule has 0 radical (unpaired) electrons. The van der Waals surface area contributed by atoms with Gasteiger partial charge in [0, 0.05) is 12.1 Å². The zero-order valence-electron chi connectivity index (χ0n) is 9.59. The van der Waals surface area contributed by atoms with Crippen molar-refractivity contribution in [2.75, 3.05) is 6.61 Å². The van der Waals surface area contributed by atoms with Gasteiger partial charge in [-0.05, 0) is 22.9 Å². The highest BCUT2D eigenvalue weighted by atomic mass is 79.9. The summed E-state index contributed by atoms with van der Waals surface area (Å²) >= 11 is 2.78. The van der Waals surface area contributed by atoms with Crippen LogP contribution in [0.2, 0.25) is 0 Å². The summed E-state index contributed by atoms with van der Waals surface area (Å²) in [5, 5.41) is 28.8. The molecule has 1 aromatic rings. The van der Waals surface area contributed by atoms with E-state index in [4.69, 9.17) is 9.84 Å². The van der Waals surface area contributed by atoms with Crippen LogP contribution >= 0.6 is 15.9 Å². The summed E-state index contributed by atoms with van der Waals surface area (Å²) in [7, 11) is 0. The first-order chi connectivity index (χ1) is 8.65. The fraction of sp³-hybridized carbons (Fsp3) is 0.300. The molecule has 0 aromatic heterocycles. The van der Waals surface area contributed by atoms with Gasteiger partial charge in [-0.25, -0.2) is 9.18 Å². The number of hydrogen-bond donors (Lipinski definition) is 2. The molecule has 1 unspecified atom stereocenters. The lowest BCUT2D eigenvalue weighted by molar-refractivity contribution is -0.386. The Morgan fingerprint density at radius 2 is 2.21 bits per heavy atom. The molecule has 0 spiro atoms. The van der Waals surface area contributed by atoms with Gasteiger partial charge in [-0.2, -0.15) is 0 Å². The molecule has 0 amide bonds. The predicted molar refractivity (Wildman–Crippen MR) is 64.5 cm³/mol. The monoisotopic (exact) mass is 337 g/mol.